The summed E-state index contributed by atoms with van der Waals surface area (Å²) < 4.78 is 1.29. The van der Waals surface area contributed by atoms with Crippen LogP contribution in [0.5, 0.6) is 0 Å². The van der Waals surface area contributed by atoms with Crippen molar-refractivity contribution in [3.63, 3.8) is 0 Å². The number of rotatable bonds is 5. The Morgan fingerprint density at radius 1 is 0.692 bits per heavy atom. The third kappa shape index (κ3) is 3.44. The van der Waals surface area contributed by atoms with Gasteiger partial charge >= 0.3 is 0 Å². The van der Waals surface area contributed by atoms with Crippen molar-refractivity contribution < 1.29 is 0 Å². The summed E-state index contributed by atoms with van der Waals surface area (Å²) in [5, 5.41) is 2.94. The van der Waals surface area contributed by atoms with Crippen LogP contribution in [-0.2, 0) is 0 Å². The van der Waals surface area contributed by atoms with Crippen LogP contribution in [0.25, 0.3) is 0 Å². The SMILES string of the molecule is C=C(Sc1ccccc1)[Si](c1ccccc1)(c1ccccc1)C(C)(C)C. The average Bonchev–Trinajstić information content (AvgIpc) is 2.64. The smallest absolute Gasteiger partial charge is 0.0988 e. The minimum Gasteiger partial charge on any atom is -0.0988 e. The fourth-order valence-corrected chi connectivity index (χ4v) is 12.0. The van der Waals surface area contributed by atoms with E-state index in [-0.39, 0.29) is 5.04 Å². The van der Waals surface area contributed by atoms with Crippen molar-refractivity contribution in [3.8, 4) is 0 Å². The van der Waals surface area contributed by atoms with Crippen molar-refractivity contribution in [2.75, 3.05) is 0 Å². The predicted molar refractivity (Wildman–Crippen MR) is 119 cm³/mol. The molecule has 0 bridgehead atoms. The van der Waals surface area contributed by atoms with Gasteiger partial charge in [0, 0.05) is 4.90 Å². The molecule has 3 rings (SSSR count). The van der Waals surface area contributed by atoms with E-state index in [9.17, 15) is 0 Å². The van der Waals surface area contributed by atoms with Gasteiger partial charge in [-0.15, -0.1) is 0 Å². The lowest BCUT2D eigenvalue weighted by atomic mass is 10.2. The fourth-order valence-electron chi connectivity index (χ4n) is 3.86. The molecule has 0 N–H and O–H groups in total. The summed E-state index contributed by atoms with van der Waals surface area (Å²) in [5.41, 5.74) is 0. The normalized spacial score (nSPS) is 12.0. The zero-order valence-electron chi connectivity index (χ0n) is 15.8. The van der Waals surface area contributed by atoms with Gasteiger partial charge < -0.3 is 0 Å². The number of benzene rings is 3. The second-order valence-corrected chi connectivity index (χ2v) is 13.9. The number of thioether (sulfide) groups is 1. The van der Waals surface area contributed by atoms with Gasteiger partial charge in [0.25, 0.3) is 0 Å². The van der Waals surface area contributed by atoms with Crippen molar-refractivity contribution in [2.24, 2.45) is 0 Å². The Balaban J connectivity index is 2.22. The first kappa shape index (κ1) is 18.7. The van der Waals surface area contributed by atoms with Gasteiger partial charge in [0.15, 0.2) is 8.07 Å². The van der Waals surface area contributed by atoms with E-state index in [4.69, 9.17) is 0 Å². The standard InChI is InChI=1S/C24H26SSi/c1-20(25-21-14-8-5-9-15-21)26(24(2,3)4,22-16-10-6-11-17-22)23-18-12-7-13-19-23/h5-19H,1H2,2-4H3. The van der Waals surface area contributed by atoms with Crippen LogP contribution >= 0.6 is 11.8 Å². The van der Waals surface area contributed by atoms with E-state index in [0.29, 0.717) is 0 Å². The molecule has 0 fully saturated rings. The molecule has 0 radical (unpaired) electrons. The highest BCUT2D eigenvalue weighted by Gasteiger charge is 2.50. The first-order chi connectivity index (χ1) is 12.5. The van der Waals surface area contributed by atoms with Crippen LogP contribution in [-0.4, -0.2) is 8.07 Å². The van der Waals surface area contributed by atoms with E-state index in [0.717, 1.165) is 0 Å². The van der Waals surface area contributed by atoms with Gasteiger partial charge in [-0.3, -0.25) is 0 Å². The molecule has 0 aliphatic heterocycles. The second-order valence-electron chi connectivity index (χ2n) is 7.57. The van der Waals surface area contributed by atoms with Crippen molar-refractivity contribution in [1.82, 2.24) is 0 Å². The molecule has 0 atom stereocenters. The van der Waals surface area contributed by atoms with Crippen LogP contribution < -0.4 is 10.4 Å². The molecule has 0 saturated heterocycles. The van der Waals surface area contributed by atoms with E-state index in [1.54, 1.807) is 0 Å². The fraction of sp³-hybridized carbons (Fsp3) is 0.167. The Kier molecular flexibility index (Phi) is 5.54. The van der Waals surface area contributed by atoms with Crippen LogP contribution in [0.2, 0.25) is 5.04 Å². The molecule has 0 spiro atoms. The van der Waals surface area contributed by atoms with Gasteiger partial charge in [0.2, 0.25) is 0 Å². The molecule has 0 heterocycles. The van der Waals surface area contributed by atoms with Crippen LogP contribution in [0.3, 0.4) is 0 Å². The molecule has 2 heteroatoms. The highest BCUT2D eigenvalue weighted by atomic mass is 32.2. The Hall–Kier alpha value is -2.03. The average molecular weight is 375 g/mol. The molecule has 3 aromatic rings. The van der Waals surface area contributed by atoms with Gasteiger partial charge in [-0.25, -0.2) is 0 Å². The van der Waals surface area contributed by atoms with Gasteiger partial charge in [-0.05, 0) is 32.1 Å². The van der Waals surface area contributed by atoms with E-state index >= 15 is 0 Å². The molecule has 0 aliphatic carbocycles. The summed E-state index contributed by atoms with van der Waals surface area (Å²) in [6.45, 7) is 11.8. The van der Waals surface area contributed by atoms with Gasteiger partial charge in [0.1, 0.15) is 0 Å². The Morgan fingerprint density at radius 2 is 1.08 bits per heavy atom. The summed E-state index contributed by atoms with van der Waals surface area (Å²) in [6, 6.07) is 32.6. The molecule has 0 unspecified atom stereocenters. The first-order valence-electron chi connectivity index (χ1n) is 8.99. The monoisotopic (exact) mass is 374 g/mol. The Bertz CT molecular complexity index is 809. The van der Waals surface area contributed by atoms with E-state index in [1.165, 1.54) is 19.8 Å². The summed E-state index contributed by atoms with van der Waals surface area (Å²) in [7, 11) is -2.27. The molecule has 3 aromatic carbocycles. The highest BCUT2D eigenvalue weighted by Crippen LogP contribution is 2.45. The molecule has 0 amide bonds. The second kappa shape index (κ2) is 7.69. The molecule has 26 heavy (non-hydrogen) atoms. The molecule has 0 nitrogen and oxygen atoms in total. The predicted octanol–water partition coefficient (Wildman–Crippen LogP) is 5.89. The topological polar surface area (TPSA) is 0 Å². The highest BCUT2D eigenvalue weighted by molar-refractivity contribution is 8.05. The third-order valence-corrected chi connectivity index (χ3v) is 12.4. The van der Waals surface area contributed by atoms with E-state index in [2.05, 4.69) is 118 Å². The summed E-state index contributed by atoms with van der Waals surface area (Å²) >= 11 is 1.83. The summed E-state index contributed by atoms with van der Waals surface area (Å²) in [4.78, 5) is 1.26. The van der Waals surface area contributed by atoms with Crippen LogP contribution in [0.15, 0.2) is 107 Å². The molecular formula is C24H26SSi. The largest absolute Gasteiger partial charge is 0.160 e. The third-order valence-electron chi connectivity index (χ3n) is 4.94. The van der Waals surface area contributed by atoms with Crippen LogP contribution in [0.1, 0.15) is 20.8 Å². The van der Waals surface area contributed by atoms with Crippen molar-refractivity contribution in [2.45, 2.75) is 30.7 Å². The lowest BCUT2D eigenvalue weighted by molar-refractivity contribution is 0.738. The zero-order chi connectivity index (χ0) is 18.6. The van der Waals surface area contributed by atoms with Gasteiger partial charge in [0.05, 0.1) is 0 Å². The summed E-state index contributed by atoms with van der Waals surface area (Å²) in [5.74, 6) is 0. The van der Waals surface area contributed by atoms with Crippen molar-refractivity contribution in [3.05, 3.63) is 102 Å². The van der Waals surface area contributed by atoms with Gasteiger partial charge in [-0.2, -0.15) is 0 Å². The van der Waals surface area contributed by atoms with Crippen molar-refractivity contribution >= 4 is 30.2 Å². The van der Waals surface area contributed by atoms with Crippen LogP contribution in [0, 0.1) is 0 Å². The zero-order valence-corrected chi connectivity index (χ0v) is 17.6. The molecular weight excluding hydrogens is 348 g/mol. The molecule has 0 aliphatic rings. The van der Waals surface area contributed by atoms with Gasteiger partial charge in [-0.1, -0.05) is 118 Å². The summed E-state index contributed by atoms with van der Waals surface area (Å²) in [6.07, 6.45) is 0. The number of hydrogen-bond donors (Lipinski definition) is 0. The maximum absolute atomic E-state index is 4.67. The Morgan fingerprint density at radius 3 is 1.46 bits per heavy atom. The van der Waals surface area contributed by atoms with Crippen molar-refractivity contribution in [1.29, 1.82) is 0 Å². The van der Waals surface area contributed by atoms with E-state index in [1.807, 2.05) is 11.8 Å². The molecule has 0 aromatic heterocycles. The van der Waals surface area contributed by atoms with Crippen LogP contribution in [0.4, 0.5) is 0 Å². The molecule has 132 valence electrons. The lowest BCUT2D eigenvalue weighted by Crippen LogP contribution is -2.65. The maximum Gasteiger partial charge on any atom is 0.160 e. The lowest BCUT2D eigenvalue weighted by Gasteiger charge is -2.45. The maximum atomic E-state index is 4.67. The first-order valence-corrected chi connectivity index (χ1v) is 11.8. The minimum atomic E-state index is -2.27. The minimum absolute atomic E-state index is 0.0918. The number of hydrogen-bond acceptors (Lipinski definition) is 1. The quantitative estimate of drug-likeness (QED) is 0.396. The Labute approximate surface area is 163 Å². The molecule has 0 saturated carbocycles. The van der Waals surface area contributed by atoms with E-state index < -0.39 is 8.07 Å².